The first-order valence-electron chi connectivity index (χ1n) is 13.1. The van der Waals surface area contributed by atoms with E-state index in [4.69, 9.17) is 9.29 Å². The summed E-state index contributed by atoms with van der Waals surface area (Å²) < 4.78 is 38.5. The Morgan fingerprint density at radius 2 is 1.78 bits per heavy atom. The Morgan fingerprint density at radius 1 is 1.05 bits per heavy atom. The van der Waals surface area contributed by atoms with Crippen LogP contribution < -0.4 is 9.47 Å². The van der Waals surface area contributed by atoms with Crippen LogP contribution in [-0.4, -0.2) is 38.9 Å². The molecular formula is C32H31N2O5S2+. The third-order valence-corrected chi connectivity index (χ3v) is 8.98. The molecule has 0 fully saturated rings. The maximum atomic E-state index is 12.1. The summed E-state index contributed by atoms with van der Waals surface area (Å²) >= 11 is 1.71. The fourth-order valence-electron chi connectivity index (χ4n) is 4.87. The molecule has 9 heteroatoms. The zero-order valence-corrected chi connectivity index (χ0v) is 24.7. The van der Waals surface area contributed by atoms with Crippen LogP contribution >= 0.6 is 11.8 Å². The maximum absolute atomic E-state index is 12.1. The lowest BCUT2D eigenvalue weighted by molar-refractivity contribution is -0.671. The molecule has 1 N–H and O–H groups in total. The number of hydrogen-bond acceptors (Lipinski definition) is 6. The van der Waals surface area contributed by atoms with Crippen molar-refractivity contribution in [3.63, 3.8) is 0 Å². The summed E-state index contributed by atoms with van der Waals surface area (Å²) in [5.74, 6) is -0.674. The van der Waals surface area contributed by atoms with Crippen LogP contribution in [0.2, 0.25) is 0 Å². The summed E-state index contributed by atoms with van der Waals surface area (Å²) in [6.07, 6.45) is 6.54. The lowest BCUT2D eigenvalue weighted by atomic mass is 9.99. The number of allylic oxidation sites excluding steroid dienone is 2. The number of aromatic nitrogens is 1. The van der Waals surface area contributed by atoms with Crippen molar-refractivity contribution in [3.8, 4) is 0 Å². The van der Waals surface area contributed by atoms with Gasteiger partial charge in [-0.3, -0.25) is 4.55 Å². The van der Waals surface area contributed by atoms with Crippen molar-refractivity contribution in [2.24, 2.45) is 0 Å². The quantitative estimate of drug-likeness (QED) is 0.151. The standard InChI is InChI=1S/C32H30N2O5S2/c1-22-9-14-30-29(19-22)33(2)31(40-30)21-26(23-10-12-24(13-11-23)32(35)39-3)20-25-15-17-34(16-6-18-41(36,37)38)28-8-5-4-7-27(25)28/h4-5,7-15,17,19-21H,6,16,18H2,1-3H3/p+1. The van der Waals surface area contributed by atoms with Gasteiger partial charge in [0, 0.05) is 30.5 Å². The molecule has 0 saturated heterocycles. The van der Waals surface area contributed by atoms with E-state index in [2.05, 4.69) is 49.2 Å². The van der Waals surface area contributed by atoms with Gasteiger partial charge in [0.05, 0.1) is 34.5 Å². The Hall–Kier alpha value is -3.92. The number of aryl methyl sites for hydroxylation is 2. The summed E-state index contributed by atoms with van der Waals surface area (Å²) in [4.78, 5) is 15.4. The molecule has 7 nitrogen and oxygen atoms in total. The molecule has 0 unspecified atom stereocenters. The molecule has 5 rings (SSSR count). The Bertz CT molecular complexity index is 1800. The Labute approximate surface area is 244 Å². The van der Waals surface area contributed by atoms with Crippen LogP contribution in [0.15, 0.2) is 95.0 Å². The highest BCUT2D eigenvalue weighted by Crippen LogP contribution is 2.46. The van der Waals surface area contributed by atoms with Gasteiger partial charge in [0.2, 0.25) is 5.52 Å². The number of hydrogen-bond donors (Lipinski definition) is 1. The van der Waals surface area contributed by atoms with E-state index < -0.39 is 10.1 Å². The van der Waals surface area contributed by atoms with Crippen molar-refractivity contribution in [3.05, 3.63) is 112 Å². The summed E-state index contributed by atoms with van der Waals surface area (Å²) in [5, 5.41) is 2.09. The van der Waals surface area contributed by atoms with E-state index in [-0.39, 0.29) is 11.7 Å². The molecule has 0 aliphatic carbocycles. The normalized spacial score (nSPS) is 14.5. The molecule has 210 valence electrons. The molecule has 0 radical (unpaired) electrons. The number of pyridine rings is 1. The van der Waals surface area contributed by atoms with Crippen LogP contribution in [-0.2, 0) is 21.4 Å². The number of carbonyl (C=O) groups excluding carboxylic acids is 1. The molecule has 3 aromatic carbocycles. The van der Waals surface area contributed by atoms with Crippen LogP contribution in [0.4, 0.5) is 5.69 Å². The van der Waals surface area contributed by atoms with Crippen molar-refractivity contribution in [2.45, 2.75) is 24.8 Å². The second kappa shape index (κ2) is 11.9. The number of thioether (sulfide) groups is 1. The summed E-state index contributed by atoms with van der Waals surface area (Å²) in [6.45, 7) is 2.54. The molecule has 0 saturated carbocycles. The zero-order chi connectivity index (χ0) is 29.1. The molecule has 4 aromatic rings. The van der Waals surface area contributed by atoms with Gasteiger partial charge < -0.3 is 9.64 Å². The molecule has 0 bridgehead atoms. The van der Waals surface area contributed by atoms with Gasteiger partial charge in [-0.25, -0.2) is 4.79 Å². The van der Waals surface area contributed by atoms with Crippen LogP contribution in [0.1, 0.15) is 33.5 Å². The van der Waals surface area contributed by atoms with Crippen molar-refractivity contribution < 1.29 is 27.1 Å². The number of para-hydroxylation sites is 1. The van der Waals surface area contributed by atoms with E-state index in [0.29, 0.717) is 18.5 Å². The number of rotatable bonds is 8. The minimum absolute atomic E-state index is 0.289. The van der Waals surface area contributed by atoms with Crippen LogP contribution in [0.25, 0.3) is 22.6 Å². The predicted octanol–water partition coefficient (Wildman–Crippen LogP) is 6.12. The van der Waals surface area contributed by atoms with Crippen LogP contribution in [0, 0.1) is 6.92 Å². The molecule has 1 aliphatic heterocycles. The lowest BCUT2D eigenvalue weighted by Gasteiger charge is -2.15. The number of carbonyl (C=O) groups is 1. The number of fused-ring (bicyclic) bond motifs is 2. The van der Waals surface area contributed by atoms with Gasteiger partial charge in [-0.05, 0) is 71.7 Å². The van der Waals surface area contributed by atoms with Crippen molar-refractivity contribution >= 4 is 56.1 Å². The summed E-state index contributed by atoms with van der Waals surface area (Å²) in [5.41, 5.74) is 6.71. The van der Waals surface area contributed by atoms with Crippen LogP contribution in [0.5, 0.6) is 0 Å². The first kappa shape index (κ1) is 28.6. The topological polar surface area (TPSA) is 87.8 Å². The van der Waals surface area contributed by atoms with Gasteiger partial charge in [-0.2, -0.15) is 13.0 Å². The SMILES string of the molecule is COC(=O)c1ccc(C(=Cc2cc[n+](CCCS(=O)(=O)O)c3ccccc23)C=C2Sc3ccc(C)cc3N2C)cc1. The maximum Gasteiger partial charge on any atom is 0.337 e. The third kappa shape index (κ3) is 6.53. The molecule has 1 aromatic heterocycles. The number of benzene rings is 3. The largest absolute Gasteiger partial charge is 0.465 e. The molecular weight excluding hydrogens is 556 g/mol. The Balaban J connectivity index is 1.59. The minimum atomic E-state index is -4.02. The molecule has 0 atom stereocenters. The predicted molar refractivity (Wildman–Crippen MR) is 164 cm³/mol. The number of methoxy groups -OCH3 is 1. The number of anilines is 1. The molecule has 0 amide bonds. The highest BCUT2D eigenvalue weighted by Gasteiger charge is 2.23. The second-order valence-electron chi connectivity index (χ2n) is 9.90. The van der Waals surface area contributed by atoms with Gasteiger partial charge in [-0.1, -0.05) is 42.1 Å². The fraction of sp³-hybridized carbons (Fsp3) is 0.188. The van der Waals surface area contributed by atoms with E-state index in [1.54, 1.807) is 23.9 Å². The van der Waals surface area contributed by atoms with Crippen LogP contribution in [0.3, 0.4) is 0 Å². The van der Waals surface area contributed by atoms with E-state index in [0.717, 1.165) is 38.3 Å². The summed E-state index contributed by atoms with van der Waals surface area (Å²) in [7, 11) is -0.581. The third-order valence-electron chi connectivity index (χ3n) is 7.01. The average molecular weight is 588 g/mol. The molecule has 1 aliphatic rings. The number of esters is 1. The van der Waals surface area contributed by atoms with E-state index in [1.165, 1.54) is 17.6 Å². The first-order chi connectivity index (χ1) is 19.6. The van der Waals surface area contributed by atoms with Crippen molar-refractivity contribution in [1.29, 1.82) is 0 Å². The van der Waals surface area contributed by atoms with E-state index in [1.807, 2.05) is 53.2 Å². The van der Waals surface area contributed by atoms with Gasteiger partial charge in [0.1, 0.15) is 6.54 Å². The monoisotopic (exact) mass is 587 g/mol. The highest BCUT2D eigenvalue weighted by atomic mass is 32.2. The molecule has 2 heterocycles. The van der Waals surface area contributed by atoms with Crippen molar-refractivity contribution in [1.82, 2.24) is 0 Å². The first-order valence-corrected chi connectivity index (χ1v) is 15.6. The fourth-order valence-corrected chi connectivity index (χ4v) is 6.45. The Morgan fingerprint density at radius 3 is 2.51 bits per heavy atom. The van der Waals surface area contributed by atoms with E-state index >= 15 is 0 Å². The smallest absolute Gasteiger partial charge is 0.337 e. The number of ether oxygens (including phenoxy) is 1. The van der Waals surface area contributed by atoms with Gasteiger partial charge >= 0.3 is 5.97 Å². The van der Waals surface area contributed by atoms with Crippen molar-refractivity contribution in [2.75, 3.05) is 24.8 Å². The molecule has 41 heavy (non-hydrogen) atoms. The molecule has 0 spiro atoms. The number of nitrogens with zero attached hydrogens (tertiary/aromatic N) is 2. The zero-order valence-electron chi connectivity index (χ0n) is 23.1. The van der Waals surface area contributed by atoms with E-state index in [9.17, 15) is 13.2 Å². The Kier molecular flexibility index (Phi) is 8.30. The van der Waals surface area contributed by atoms with Gasteiger partial charge in [0.25, 0.3) is 10.1 Å². The van der Waals surface area contributed by atoms with Gasteiger partial charge in [-0.15, -0.1) is 0 Å². The highest BCUT2D eigenvalue weighted by molar-refractivity contribution is 8.03. The summed E-state index contributed by atoms with van der Waals surface area (Å²) in [6, 6.07) is 23.8. The average Bonchev–Trinajstić information content (AvgIpc) is 3.26. The second-order valence-corrected chi connectivity index (χ2v) is 12.5. The minimum Gasteiger partial charge on any atom is -0.465 e. The lowest BCUT2D eigenvalue weighted by Crippen LogP contribution is -2.35. The van der Waals surface area contributed by atoms with Gasteiger partial charge in [0.15, 0.2) is 6.20 Å².